The van der Waals surface area contributed by atoms with E-state index in [4.69, 9.17) is 5.73 Å². The molecule has 1 aliphatic carbocycles. The van der Waals surface area contributed by atoms with Crippen molar-refractivity contribution in [3.8, 4) is 0 Å². The third-order valence-electron chi connectivity index (χ3n) is 5.39. The molecular formula is C26H29N7O. The summed E-state index contributed by atoms with van der Waals surface area (Å²) in [5, 5.41) is 6.60. The molecule has 0 atom stereocenters. The standard InChI is InChI=1S/C26H29N7O/c1-32(2)22-10-8-21(9-11-22)30-24-17-25(26(34)16-23(24)27)31-20-6-4-19(5-7-20)29-12-3-14-33-15-13-28-18-33/h4-11,13,15-18,29,31H,3,12,14,27H2,1-2H3. The van der Waals surface area contributed by atoms with Crippen LogP contribution in [0.1, 0.15) is 6.42 Å². The predicted molar refractivity (Wildman–Crippen MR) is 139 cm³/mol. The first-order chi connectivity index (χ1) is 16.5. The molecule has 0 spiro atoms. The fraction of sp³-hybridized carbons (Fsp3) is 0.192. The van der Waals surface area contributed by atoms with Gasteiger partial charge in [-0.3, -0.25) is 4.79 Å². The first-order valence-electron chi connectivity index (χ1n) is 11.1. The summed E-state index contributed by atoms with van der Waals surface area (Å²) in [6, 6.07) is 15.7. The number of nitrogens with zero attached hydrogens (tertiary/aromatic N) is 4. The lowest BCUT2D eigenvalue weighted by Gasteiger charge is -2.15. The van der Waals surface area contributed by atoms with Gasteiger partial charge in [-0.15, -0.1) is 0 Å². The monoisotopic (exact) mass is 455 g/mol. The van der Waals surface area contributed by atoms with Gasteiger partial charge in [0.25, 0.3) is 0 Å². The van der Waals surface area contributed by atoms with Gasteiger partial charge in [0, 0.05) is 62.7 Å². The minimum atomic E-state index is -0.180. The number of allylic oxidation sites excluding steroid dienone is 2. The average molecular weight is 456 g/mol. The summed E-state index contributed by atoms with van der Waals surface area (Å²) in [6.07, 6.45) is 9.66. The topological polar surface area (TPSA) is 101 Å². The Labute approximate surface area is 199 Å². The lowest BCUT2D eigenvalue weighted by atomic mass is 10.1. The number of anilines is 3. The van der Waals surface area contributed by atoms with Crippen LogP contribution in [0.4, 0.5) is 22.7 Å². The van der Waals surface area contributed by atoms with E-state index in [0.29, 0.717) is 17.1 Å². The molecule has 0 unspecified atom stereocenters. The van der Waals surface area contributed by atoms with Crippen LogP contribution in [0.3, 0.4) is 0 Å². The van der Waals surface area contributed by atoms with Gasteiger partial charge >= 0.3 is 0 Å². The predicted octanol–water partition coefficient (Wildman–Crippen LogP) is 3.95. The Bertz CT molecular complexity index is 1210. The van der Waals surface area contributed by atoms with E-state index in [0.717, 1.165) is 42.3 Å². The second kappa shape index (κ2) is 10.5. The molecule has 0 radical (unpaired) electrons. The minimum Gasteiger partial charge on any atom is -0.397 e. The zero-order chi connectivity index (χ0) is 23.9. The molecule has 34 heavy (non-hydrogen) atoms. The van der Waals surface area contributed by atoms with Gasteiger partial charge < -0.3 is 25.8 Å². The summed E-state index contributed by atoms with van der Waals surface area (Å²) in [5.74, 6) is -0.180. The van der Waals surface area contributed by atoms with E-state index in [1.165, 1.54) is 6.08 Å². The second-order valence-corrected chi connectivity index (χ2v) is 8.21. The largest absolute Gasteiger partial charge is 0.397 e. The van der Waals surface area contributed by atoms with E-state index in [9.17, 15) is 4.79 Å². The molecule has 8 nitrogen and oxygen atoms in total. The zero-order valence-electron chi connectivity index (χ0n) is 19.4. The number of carbonyl (C=O) groups excluding carboxylic acids is 1. The highest BCUT2D eigenvalue weighted by Gasteiger charge is 2.17. The normalized spacial score (nSPS) is 14.5. The van der Waals surface area contributed by atoms with Crippen molar-refractivity contribution in [2.24, 2.45) is 10.7 Å². The lowest BCUT2D eigenvalue weighted by Crippen LogP contribution is -2.22. The maximum Gasteiger partial charge on any atom is 0.204 e. The number of nitrogens with two attached hydrogens (primary N) is 1. The van der Waals surface area contributed by atoms with Crippen LogP contribution in [0.2, 0.25) is 0 Å². The molecule has 1 heterocycles. The number of hydrogen-bond acceptors (Lipinski definition) is 7. The molecule has 4 N–H and O–H groups in total. The third-order valence-corrected chi connectivity index (χ3v) is 5.39. The second-order valence-electron chi connectivity index (χ2n) is 8.21. The Kier molecular flexibility index (Phi) is 7.07. The molecule has 1 aliphatic rings. The van der Waals surface area contributed by atoms with Crippen molar-refractivity contribution in [2.45, 2.75) is 13.0 Å². The Morgan fingerprint density at radius 1 is 1.03 bits per heavy atom. The van der Waals surface area contributed by atoms with Gasteiger partial charge in [-0.25, -0.2) is 9.98 Å². The smallest absolute Gasteiger partial charge is 0.204 e. The number of benzene rings is 2. The van der Waals surface area contributed by atoms with Gasteiger partial charge in [0.1, 0.15) is 0 Å². The third kappa shape index (κ3) is 5.92. The van der Waals surface area contributed by atoms with Gasteiger partial charge in [0.15, 0.2) is 0 Å². The van der Waals surface area contributed by atoms with Crippen LogP contribution in [0.15, 0.2) is 95.8 Å². The number of aryl methyl sites for hydroxylation is 1. The Morgan fingerprint density at radius 3 is 2.44 bits per heavy atom. The van der Waals surface area contributed by atoms with Crippen LogP contribution in [0.5, 0.6) is 0 Å². The van der Waals surface area contributed by atoms with Crippen LogP contribution in [-0.2, 0) is 11.3 Å². The van der Waals surface area contributed by atoms with Crippen molar-refractivity contribution in [3.05, 3.63) is 90.8 Å². The number of ketones is 1. The first kappa shape index (κ1) is 22.8. The molecule has 1 aromatic heterocycles. The molecule has 2 aromatic carbocycles. The molecule has 4 rings (SSSR count). The van der Waals surface area contributed by atoms with Crippen molar-refractivity contribution < 1.29 is 4.79 Å². The van der Waals surface area contributed by atoms with E-state index in [-0.39, 0.29) is 5.78 Å². The quantitative estimate of drug-likeness (QED) is 0.334. The number of nitrogens with one attached hydrogen (secondary N) is 2. The zero-order valence-corrected chi connectivity index (χ0v) is 19.4. The van der Waals surface area contributed by atoms with E-state index < -0.39 is 0 Å². The summed E-state index contributed by atoms with van der Waals surface area (Å²) in [6.45, 7) is 1.78. The molecule has 0 saturated carbocycles. The van der Waals surface area contributed by atoms with Crippen molar-refractivity contribution in [1.29, 1.82) is 0 Å². The highest BCUT2D eigenvalue weighted by molar-refractivity contribution is 6.23. The summed E-state index contributed by atoms with van der Waals surface area (Å²) in [5.41, 5.74) is 11.1. The molecule has 0 amide bonds. The molecule has 0 fully saturated rings. The SMILES string of the molecule is CN(C)c1ccc(N=C2C=C(Nc3ccc(NCCCn4ccnc4)cc3)C(=O)C=C2N)cc1. The maximum atomic E-state index is 12.5. The molecule has 3 aromatic rings. The van der Waals surface area contributed by atoms with E-state index >= 15 is 0 Å². The number of aromatic nitrogens is 2. The lowest BCUT2D eigenvalue weighted by molar-refractivity contribution is -0.111. The van der Waals surface area contributed by atoms with Gasteiger partial charge in [0.05, 0.1) is 29.1 Å². The summed E-state index contributed by atoms with van der Waals surface area (Å²) in [4.78, 5) is 23.2. The highest BCUT2D eigenvalue weighted by atomic mass is 16.1. The molecule has 8 heteroatoms. The Balaban J connectivity index is 1.38. The summed E-state index contributed by atoms with van der Waals surface area (Å²) < 4.78 is 2.06. The fourth-order valence-corrected chi connectivity index (χ4v) is 3.48. The molecular weight excluding hydrogens is 426 g/mol. The Morgan fingerprint density at radius 2 is 1.76 bits per heavy atom. The van der Waals surface area contributed by atoms with Gasteiger partial charge in [0.2, 0.25) is 5.78 Å². The van der Waals surface area contributed by atoms with Crippen molar-refractivity contribution >= 4 is 34.2 Å². The summed E-state index contributed by atoms with van der Waals surface area (Å²) >= 11 is 0. The number of hydrogen-bond donors (Lipinski definition) is 3. The van der Waals surface area contributed by atoms with Crippen molar-refractivity contribution in [2.75, 3.05) is 36.2 Å². The molecule has 0 aliphatic heterocycles. The van der Waals surface area contributed by atoms with E-state index in [2.05, 4.69) is 25.2 Å². The van der Waals surface area contributed by atoms with Crippen LogP contribution < -0.4 is 21.3 Å². The van der Waals surface area contributed by atoms with Crippen LogP contribution in [-0.4, -0.2) is 41.7 Å². The molecule has 0 bridgehead atoms. The van der Waals surface area contributed by atoms with Crippen LogP contribution >= 0.6 is 0 Å². The molecule has 0 saturated heterocycles. The Hall–Kier alpha value is -4.33. The number of aliphatic imine (C=N–C) groups is 1. The average Bonchev–Trinajstić information content (AvgIpc) is 3.35. The highest BCUT2D eigenvalue weighted by Crippen LogP contribution is 2.22. The molecule has 174 valence electrons. The number of carbonyl (C=O) groups is 1. The number of rotatable bonds is 9. The van der Waals surface area contributed by atoms with Crippen LogP contribution in [0, 0.1) is 0 Å². The number of imidazole rings is 1. The summed E-state index contributed by atoms with van der Waals surface area (Å²) in [7, 11) is 3.97. The van der Waals surface area contributed by atoms with Crippen molar-refractivity contribution in [1.82, 2.24) is 9.55 Å². The van der Waals surface area contributed by atoms with E-state index in [1.54, 1.807) is 12.3 Å². The van der Waals surface area contributed by atoms with Gasteiger partial charge in [-0.2, -0.15) is 0 Å². The first-order valence-corrected chi connectivity index (χ1v) is 11.1. The van der Waals surface area contributed by atoms with Crippen LogP contribution in [0.25, 0.3) is 0 Å². The fourth-order valence-electron chi connectivity index (χ4n) is 3.48. The van der Waals surface area contributed by atoms with Crippen molar-refractivity contribution in [3.63, 3.8) is 0 Å². The van der Waals surface area contributed by atoms with Gasteiger partial charge in [-0.05, 0) is 61.0 Å². The maximum absolute atomic E-state index is 12.5. The van der Waals surface area contributed by atoms with E-state index in [1.807, 2.05) is 80.1 Å². The minimum absolute atomic E-state index is 0.180. The van der Waals surface area contributed by atoms with Gasteiger partial charge in [-0.1, -0.05) is 0 Å².